The van der Waals surface area contributed by atoms with Gasteiger partial charge in [-0.15, -0.1) is 0 Å². The molecule has 0 aliphatic rings. The summed E-state index contributed by atoms with van der Waals surface area (Å²) in [6, 6.07) is 9.92. The standard InChI is InChI=1S/C14H10ClFN2OS/c1-19-12-7-9(3-4-10(12)15)17-14-18-11-6-8(16)2-5-13(11)20-14/h2-7H,1H3,(H,17,18). The van der Waals surface area contributed by atoms with Crippen molar-refractivity contribution in [3.05, 3.63) is 47.2 Å². The molecule has 0 saturated carbocycles. The van der Waals surface area contributed by atoms with Crippen molar-refractivity contribution in [1.29, 1.82) is 0 Å². The average Bonchev–Trinajstić information content (AvgIpc) is 2.82. The predicted octanol–water partition coefficient (Wildman–Crippen LogP) is 4.84. The van der Waals surface area contributed by atoms with Crippen molar-refractivity contribution >= 4 is 44.0 Å². The minimum absolute atomic E-state index is 0.289. The summed E-state index contributed by atoms with van der Waals surface area (Å²) in [6.07, 6.45) is 0. The fourth-order valence-electron chi connectivity index (χ4n) is 1.82. The van der Waals surface area contributed by atoms with E-state index >= 15 is 0 Å². The third kappa shape index (κ3) is 2.55. The summed E-state index contributed by atoms with van der Waals surface area (Å²) in [5.74, 6) is 0.298. The maximum Gasteiger partial charge on any atom is 0.188 e. The summed E-state index contributed by atoms with van der Waals surface area (Å²) in [5, 5.41) is 4.40. The summed E-state index contributed by atoms with van der Waals surface area (Å²) < 4.78 is 19.2. The van der Waals surface area contributed by atoms with E-state index in [9.17, 15) is 4.39 Å². The van der Waals surface area contributed by atoms with E-state index < -0.39 is 0 Å². The highest BCUT2D eigenvalue weighted by atomic mass is 35.5. The zero-order chi connectivity index (χ0) is 14.1. The molecule has 3 nitrogen and oxygen atoms in total. The van der Waals surface area contributed by atoms with Crippen LogP contribution in [-0.4, -0.2) is 12.1 Å². The number of hydrogen-bond acceptors (Lipinski definition) is 4. The van der Waals surface area contributed by atoms with E-state index in [4.69, 9.17) is 16.3 Å². The van der Waals surface area contributed by atoms with Crippen LogP contribution in [0.15, 0.2) is 36.4 Å². The lowest BCUT2D eigenvalue weighted by Gasteiger charge is -2.06. The molecule has 0 atom stereocenters. The minimum Gasteiger partial charge on any atom is -0.495 e. The van der Waals surface area contributed by atoms with Gasteiger partial charge in [0, 0.05) is 17.8 Å². The highest BCUT2D eigenvalue weighted by molar-refractivity contribution is 7.22. The molecule has 20 heavy (non-hydrogen) atoms. The van der Waals surface area contributed by atoms with Crippen LogP contribution in [0, 0.1) is 5.82 Å². The van der Waals surface area contributed by atoms with E-state index in [1.807, 2.05) is 6.07 Å². The van der Waals surface area contributed by atoms with E-state index in [0.717, 1.165) is 10.4 Å². The first-order valence-corrected chi connectivity index (χ1v) is 7.02. The number of aromatic nitrogens is 1. The zero-order valence-corrected chi connectivity index (χ0v) is 12.1. The molecule has 2 aromatic carbocycles. The van der Waals surface area contributed by atoms with Gasteiger partial charge in [-0.3, -0.25) is 0 Å². The monoisotopic (exact) mass is 308 g/mol. The number of halogens is 2. The maximum absolute atomic E-state index is 13.1. The lowest BCUT2D eigenvalue weighted by molar-refractivity contribution is 0.415. The SMILES string of the molecule is COc1cc(Nc2nc3cc(F)ccc3s2)ccc1Cl. The molecule has 1 aromatic heterocycles. The van der Waals surface area contributed by atoms with Gasteiger partial charge in [-0.25, -0.2) is 9.37 Å². The molecule has 102 valence electrons. The van der Waals surface area contributed by atoms with Crippen LogP contribution in [0.2, 0.25) is 5.02 Å². The molecule has 1 N–H and O–H groups in total. The Balaban J connectivity index is 1.92. The number of nitrogens with zero attached hydrogens (tertiary/aromatic N) is 1. The van der Waals surface area contributed by atoms with Crippen LogP contribution >= 0.6 is 22.9 Å². The third-order valence-electron chi connectivity index (χ3n) is 2.75. The Kier molecular flexibility index (Phi) is 3.46. The molecule has 0 unspecified atom stereocenters. The second kappa shape index (κ2) is 5.26. The summed E-state index contributed by atoms with van der Waals surface area (Å²) in [6.45, 7) is 0. The normalized spacial score (nSPS) is 10.8. The van der Waals surface area contributed by atoms with E-state index in [0.29, 0.717) is 21.4 Å². The van der Waals surface area contributed by atoms with Gasteiger partial charge in [0.15, 0.2) is 5.13 Å². The molecule has 0 bridgehead atoms. The number of rotatable bonds is 3. The zero-order valence-electron chi connectivity index (χ0n) is 10.5. The van der Waals surface area contributed by atoms with Crippen LogP contribution in [0.5, 0.6) is 5.75 Å². The Labute approximate surface area is 124 Å². The van der Waals surface area contributed by atoms with Gasteiger partial charge in [0.25, 0.3) is 0 Å². The van der Waals surface area contributed by atoms with Crippen molar-refractivity contribution in [2.75, 3.05) is 12.4 Å². The Morgan fingerprint density at radius 2 is 2.10 bits per heavy atom. The third-order valence-corrected chi connectivity index (χ3v) is 4.02. The first-order chi connectivity index (χ1) is 9.65. The first-order valence-electron chi connectivity index (χ1n) is 5.82. The van der Waals surface area contributed by atoms with Crippen LogP contribution in [0.25, 0.3) is 10.2 Å². The molecule has 1 heterocycles. The largest absolute Gasteiger partial charge is 0.495 e. The maximum atomic E-state index is 13.1. The summed E-state index contributed by atoms with van der Waals surface area (Å²) in [7, 11) is 1.56. The number of hydrogen-bond donors (Lipinski definition) is 1. The lowest BCUT2D eigenvalue weighted by Crippen LogP contribution is -1.91. The fourth-order valence-corrected chi connectivity index (χ4v) is 2.88. The van der Waals surface area contributed by atoms with Crippen molar-refractivity contribution in [3.63, 3.8) is 0 Å². The molecular formula is C14H10ClFN2OS. The molecule has 0 radical (unpaired) electrons. The Morgan fingerprint density at radius 1 is 1.25 bits per heavy atom. The molecular weight excluding hydrogens is 299 g/mol. The number of thiazole rings is 1. The highest BCUT2D eigenvalue weighted by Crippen LogP contribution is 2.32. The summed E-state index contributed by atoms with van der Waals surface area (Å²) >= 11 is 7.43. The van der Waals surface area contributed by atoms with Crippen molar-refractivity contribution < 1.29 is 9.13 Å². The van der Waals surface area contributed by atoms with Gasteiger partial charge in [0.1, 0.15) is 11.6 Å². The smallest absolute Gasteiger partial charge is 0.188 e. The van der Waals surface area contributed by atoms with Gasteiger partial charge >= 0.3 is 0 Å². The van der Waals surface area contributed by atoms with Crippen LogP contribution in [-0.2, 0) is 0 Å². The van der Waals surface area contributed by atoms with Crippen LogP contribution in [0.4, 0.5) is 15.2 Å². The van der Waals surface area contributed by atoms with E-state index in [-0.39, 0.29) is 5.82 Å². The van der Waals surface area contributed by atoms with Gasteiger partial charge < -0.3 is 10.1 Å². The number of ether oxygens (including phenoxy) is 1. The van der Waals surface area contributed by atoms with Gasteiger partial charge in [0.05, 0.1) is 22.3 Å². The quantitative estimate of drug-likeness (QED) is 0.751. The Morgan fingerprint density at radius 3 is 2.90 bits per heavy atom. The Bertz CT molecular complexity index is 775. The van der Waals surface area contributed by atoms with Crippen molar-refractivity contribution in [2.24, 2.45) is 0 Å². The molecule has 0 fully saturated rings. The second-order valence-electron chi connectivity index (χ2n) is 4.11. The topological polar surface area (TPSA) is 34.1 Å². The van der Waals surface area contributed by atoms with Gasteiger partial charge in [-0.2, -0.15) is 0 Å². The molecule has 0 saturated heterocycles. The molecule has 6 heteroatoms. The molecule has 3 aromatic rings. The second-order valence-corrected chi connectivity index (χ2v) is 5.54. The first kappa shape index (κ1) is 13.1. The molecule has 3 rings (SSSR count). The Hall–Kier alpha value is -1.85. The predicted molar refractivity (Wildman–Crippen MR) is 80.9 cm³/mol. The lowest BCUT2D eigenvalue weighted by atomic mass is 10.3. The summed E-state index contributed by atoms with van der Waals surface area (Å²) in [5.41, 5.74) is 1.45. The van der Waals surface area contributed by atoms with E-state index in [1.165, 1.54) is 23.5 Å². The van der Waals surface area contributed by atoms with Crippen LogP contribution in [0.3, 0.4) is 0 Å². The number of methoxy groups -OCH3 is 1. The van der Waals surface area contributed by atoms with E-state index in [2.05, 4.69) is 10.3 Å². The highest BCUT2D eigenvalue weighted by Gasteiger charge is 2.07. The van der Waals surface area contributed by atoms with Gasteiger partial charge in [0.2, 0.25) is 0 Å². The average molecular weight is 309 g/mol. The number of fused-ring (bicyclic) bond motifs is 1. The van der Waals surface area contributed by atoms with Crippen molar-refractivity contribution in [2.45, 2.75) is 0 Å². The van der Waals surface area contributed by atoms with E-state index in [1.54, 1.807) is 25.3 Å². The van der Waals surface area contributed by atoms with Crippen LogP contribution < -0.4 is 10.1 Å². The molecule has 0 aliphatic heterocycles. The molecule has 0 spiro atoms. The minimum atomic E-state index is -0.289. The molecule has 0 aliphatic carbocycles. The van der Waals surface area contributed by atoms with Crippen molar-refractivity contribution in [3.8, 4) is 5.75 Å². The number of nitrogens with one attached hydrogen (secondary N) is 1. The molecule has 0 amide bonds. The van der Waals surface area contributed by atoms with Gasteiger partial charge in [-0.05, 0) is 24.3 Å². The number of benzene rings is 2. The fraction of sp³-hybridized carbons (Fsp3) is 0.0714. The van der Waals surface area contributed by atoms with Gasteiger partial charge in [-0.1, -0.05) is 22.9 Å². The van der Waals surface area contributed by atoms with Crippen LogP contribution in [0.1, 0.15) is 0 Å². The summed E-state index contributed by atoms with van der Waals surface area (Å²) in [4.78, 5) is 4.34. The van der Waals surface area contributed by atoms with Crippen molar-refractivity contribution in [1.82, 2.24) is 4.98 Å². The number of anilines is 2.